The Morgan fingerprint density at radius 3 is 2.60 bits per heavy atom. The van der Waals surface area contributed by atoms with Gasteiger partial charge in [-0.3, -0.25) is 4.79 Å². The number of thiophene rings is 1. The average Bonchev–Trinajstić information content (AvgIpc) is 3.00. The van der Waals surface area contributed by atoms with Gasteiger partial charge in [-0.05, 0) is 29.6 Å². The smallest absolute Gasteiger partial charge is 0.246 e. The molecular formula is C14H10N4OS. The minimum Gasteiger partial charge on any atom is -0.324 e. The third-order valence-corrected chi connectivity index (χ3v) is 3.62. The maximum absolute atomic E-state index is 12.0. The fourth-order valence-electron chi connectivity index (χ4n) is 1.63. The first kappa shape index (κ1) is 13.8. The largest absolute Gasteiger partial charge is 0.324 e. The maximum atomic E-state index is 12.0. The van der Waals surface area contributed by atoms with Crippen molar-refractivity contribution < 1.29 is 4.79 Å². The van der Waals surface area contributed by atoms with Crippen LogP contribution < -0.4 is 11.1 Å². The molecule has 1 amide bonds. The number of hydrogen-bond acceptors (Lipinski definition) is 5. The van der Waals surface area contributed by atoms with Crippen LogP contribution in [-0.4, -0.2) is 5.91 Å². The second kappa shape index (κ2) is 5.98. The van der Waals surface area contributed by atoms with Crippen molar-refractivity contribution >= 4 is 22.9 Å². The summed E-state index contributed by atoms with van der Waals surface area (Å²) in [5.74, 6) is -0.360. The molecule has 0 radical (unpaired) electrons. The fourth-order valence-corrected chi connectivity index (χ4v) is 2.35. The van der Waals surface area contributed by atoms with E-state index in [1.807, 2.05) is 23.6 Å². The van der Waals surface area contributed by atoms with Gasteiger partial charge in [0.2, 0.25) is 5.91 Å². The lowest BCUT2D eigenvalue weighted by Crippen LogP contribution is -2.27. The summed E-state index contributed by atoms with van der Waals surface area (Å²) in [6.07, 6.45) is 0. The van der Waals surface area contributed by atoms with Gasteiger partial charge in [0.25, 0.3) is 0 Å². The van der Waals surface area contributed by atoms with E-state index in [1.165, 1.54) is 23.5 Å². The first-order valence-electron chi connectivity index (χ1n) is 5.70. The molecule has 98 valence electrons. The van der Waals surface area contributed by atoms with Crippen molar-refractivity contribution in [3.05, 3.63) is 51.7 Å². The summed E-state index contributed by atoms with van der Waals surface area (Å²) >= 11 is 1.40. The van der Waals surface area contributed by atoms with Crippen LogP contribution >= 0.6 is 11.3 Å². The summed E-state index contributed by atoms with van der Waals surface area (Å²) in [7, 11) is 0. The van der Waals surface area contributed by atoms with E-state index < -0.39 is 6.04 Å². The Kier molecular flexibility index (Phi) is 4.11. The van der Waals surface area contributed by atoms with Crippen LogP contribution in [0.25, 0.3) is 0 Å². The highest BCUT2D eigenvalue weighted by molar-refractivity contribution is 7.10. The topological polar surface area (TPSA) is 103 Å². The molecule has 5 nitrogen and oxygen atoms in total. The molecule has 1 heterocycles. The van der Waals surface area contributed by atoms with Gasteiger partial charge >= 0.3 is 0 Å². The monoisotopic (exact) mass is 282 g/mol. The van der Waals surface area contributed by atoms with Crippen LogP contribution in [0.1, 0.15) is 22.0 Å². The van der Waals surface area contributed by atoms with Crippen LogP contribution in [0.4, 0.5) is 5.69 Å². The summed E-state index contributed by atoms with van der Waals surface area (Å²) in [4.78, 5) is 12.7. The Bertz CT molecular complexity index is 710. The van der Waals surface area contributed by atoms with E-state index in [4.69, 9.17) is 16.3 Å². The van der Waals surface area contributed by atoms with Gasteiger partial charge in [-0.25, -0.2) is 0 Å². The number of carbonyl (C=O) groups is 1. The first-order chi connectivity index (χ1) is 9.65. The Morgan fingerprint density at radius 2 is 2.00 bits per heavy atom. The standard InChI is InChI=1S/C14H10N4OS/c15-7-9-3-4-11(6-10(9)8-16)18-14(19)13(17)12-2-1-5-20-12/h1-6,13H,17H2,(H,18,19). The fraction of sp³-hybridized carbons (Fsp3) is 0.0714. The van der Waals surface area contributed by atoms with Crippen LogP contribution in [0, 0.1) is 22.7 Å². The van der Waals surface area contributed by atoms with Gasteiger partial charge in [0.15, 0.2) is 0 Å². The van der Waals surface area contributed by atoms with Crippen LogP contribution in [-0.2, 0) is 4.79 Å². The highest BCUT2D eigenvalue weighted by Crippen LogP contribution is 2.20. The van der Waals surface area contributed by atoms with Crippen molar-refractivity contribution in [1.29, 1.82) is 10.5 Å². The SMILES string of the molecule is N#Cc1ccc(NC(=O)C(N)c2cccs2)cc1C#N. The van der Waals surface area contributed by atoms with Crippen molar-refractivity contribution in [1.82, 2.24) is 0 Å². The number of nitriles is 2. The molecule has 0 aliphatic heterocycles. The quantitative estimate of drug-likeness (QED) is 0.900. The zero-order valence-electron chi connectivity index (χ0n) is 10.3. The maximum Gasteiger partial charge on any atom is 0.246 e. The molecule has 2 aromatic rings. The molecule has 0 fully saturated rings. The molecule has 0 spiro atoms. The van der Waals surface area contributed by atoms with Crippen molar-refractivity contribution in [3.63, 3.8) is 0 Å². The zero-order valence-corrected chi connectivity index (χ0v) is 11.1. The lowest BCUT2D eigenvalue weighted by Gasteiger charge is -2.11. The van der Waals surface area contributed by atoms with Gasteiger partial charge in [-0.1, -0.05) is 6.07 Å². The van der Waals surface area contributed by atoms with Crippen LogP contribution in [0.5, 0.6) is 0 Å². The molecule has 6 heteroatoms. The lowest BCUT2D eigenvalue weighted by molar-refractivity contribution is -0.117. The minimum atomic E-state index is -0.754. The number of nitrogens with zero attached hydrogens (tertiary/aromatic N) is 2. The third-order valence-electron chi connectivity index (χ3n) is 2.66. The number of amides is 1. The van der Waals surface area contributed by atoms with E-state index in [0.717, 1.165) is 4.88 Å². The van der Waals surface area contributed by atoms with Gasteiger partial charge in [0.1, 0.15) is 18.2 Å². The Balaban J connectivity index is 2.17. The summed E-state index contributed by atoms with van der Waals surface area (Å²) in [6, 6.07) is 11.2. The molecule has 1 unspecified atom stereocenters. The Morgan fingerprint density at radius 1 is 1.25 bits per heavy atom. The third kappa shape index (κ3) is 2.83. The molecule has 0 bridgehead atoms. The molecule has 1 aromatic heterocycles. The van der Waals surface area contributed by atoms with Gasteiger partial charge in [-0.2, -0.15) is 10.5 Å². The number of carbonyl (C=O) groups excluding carboxylic acids is 1. The normalized spacial score (nSPS) is 11.2. The molecule has 3 N–H and O–H groups in total. The molecule has 1 aromatic carbocycles. The molecule has 20 heavy (non-hydrogen) atoms. The van der Waals surface area contributed by atoms with E-state index in [1.54, 1.807) is 12.1 Å². The summed E-state index contributed by atoms with van der Waals surface area (Å²) in [5.41, 5.74) is 6.77. The van der Waals surface area contributed by atoms with E-state index in [0.29, 0.717) is 5.69 Å². The number of rotatable bonds is 3. The van der Waals surface area contributed by atoms with Gasteiger partial charge < -0.3 is 11.1 Å². The van der Waals surface area contributed by atoms with Crippen molar-refractivity contribution in [2.24, 2.45) is 5.73 Å². The molecule has 1 atom stereocenters. The predicted molar refractivity (Wildman–Crippen MR) is 75.7 cm³/mol. The molecule has 0 aliphatic rings. The lowest BCUT2D eigenvalue weighted by atomic mass is 10.1. The highest BCUT2D eigenvalue weighted by Gasteiger charge is 2.17. The molecule has 2 rings (SSSR count). The summed E-state index contributed by atoms with van der Waals surface area (Å²) in [6.45, 7) is 0. The number of benzene rings is 1. The van der Waals surface area contributed by atoms with Crippen molar-refractivity contribution in [3.8, 4) is 12.1 Å². The Labute approximate surface area is 119 Å². The van der Waals surface area contributed by atoms with Gasteiger partial charge in [-0.15, -0.1) is 11.3 Å². The molecular weight excluding hydrogens is 272 g/mol. The predicted octanol–water partition coefficient (Wildman–Crippen LogP) is 2.13. The van der Waals surface area contributed by atoms with Crippen LogP contribution in [0.15, 0.2) is 35.7 Å². The van der Waals surface area contributed by atoms with Crippen molar-refractivity contribution in [2.75, 3.05) is 5.32 Å². The number of nitrogens with two attached hydrogens (primary N) is 1. The summed E-state index contributed by atoms with van der Waals surface area (Å²) < 4.78 is 0. The van der Waals surface area contributed by atoms with E-state index >= 15 is 0 Å². The second-order valence-electron chi connectivity index (χ2n) is 3.97. The van der Waals surface area contributed by atoms with E-state index in [-0.39, 0.29) is 17.0 Å². The molecule has 0 aliphatic carbocycles. The first-order valence-corrected chi connectivity index (χ1v) is 6.57. The van der Waals surface area contributed by atoms with Crippen molar-refractivity contribution in [2.45, 2.75) is 6.04 Å². The zero-order chi connectivity index (χ0) is 14.5. The second-order valence-corrected chi connectivity index (χ2v) is 4.95. The molecule has 0 saturated heterocycles. The van der Waals surface area contributed by atoms with E-state index in [2.05, 4.69) is 5.32 Å². The minimum absolute atomic E-state index is 0.218. The number of nitrogens with one attached hydrogen (secondary N) is 1. The van der Waals surface area contributed by atoms with Gasteiger partial charge in [0.05, 0.1) is 11.1 Å². The van der Waals surface area contributed by atoms with Crippen LogP contribution in [0.3, 0.4) is 0 Å². The van der Waals surface area contributed by atoms with E-state index in [9.17, 15) is 4.79 Å². The van der Waals surface area contributed by atoms with Gasteiger partial charge in [0, 0.05) is 10.6 Å². The summed E-state index contributed by atoms with van der Waals surface area (Å²) in [5, 5.41) is 22.2. The number of anilines is 1. The van der Waals surface area contributed by atoms with Crippen LogP contribution in [0.2, 0.25) is 0 Å². The highest BCUT2D eigenvalue weighted by atomic mass is 32.1. The Hall–Kier alpha value is -2.67. The average molecular weight is 282 g/mol. The number of hydrogen-bond donors (Lipinski definition) is 2. The molecule has 0 saturated carbocycles.